The minimum Gasteiger partial charge on any atom is -0.494 e. The predicted molar refractivity (Wildman–Crippen MR) is 123 cm³/mol. The molecule has 0 aliphatic rings. The Labute approximate surface area is 188 Å². The van der Waals surface area contributed by atoms with Gasteiger partial charge in [0.05, 0.1) is 17.6 Å². The van der Waals surface area contributed by atoms with Crippen LogP contribution in [0, 0.1) is 11.6 Å². The van der Waals surface area contributed by atoms with Crippen LogP contribution >= 0.6 is 22.9 Å². The normalized spacial score (nSPS) is 11.8. The van der Waals surface area contributed by atoms with Gasteiger partial charge in [0.25, 0.3) is 5.56 Å². The van der Waals surface area contributed by atoms with Crippen molar-refractivity contribution >= 4 is 45.6 Å². The molecule has 0 aliphatic heterocycles. The van der Waals surface area contributed by atoms with Crippen molar-refractivity contribution in [1.82, 2.24) is 9.55 Å². The van der Waals surface area contributed by atoms with Crippen LogP contribution in [-0.4, -0.2) is 22.9 Å². The van der Waals surface area contributed by atoms with Gasteiger partial charge in [-0.25, -0.2) is 18.1 Å². The number of hydrogen-bond donors (Lipinski definition) is 1. The molecule has 0 saturated carbocycles. The number of thiophene rings is 1. The Bertz CT molecular complexity index is 1500. The Kier molecular flexibility index (Phi) is 6.02. The second kappa shape index (κ2) is 8.89. The van der Waals surface area contributed by atoms with Crippen molar-refractivity contribution in [2.24, 2.45) is 4.99 Å². The first-order valence-electron chi connectivity index (χ1n) is 9.14. The molecular weight excluding hydrogens is 460 g/mol. The van der Waals surface area contributed by atoms with Gasteiger partial charge in [-0.3, -0.25) is 9.79 Å². The van der Waals surface area contributed by atoms with E-state index in [1.54, 1.807) is 18.2 Å². The molecule has 0 fully saturated rings. The molecule has 2 aromatic heterocycles. The molecule has 162 valence electrons. The minimum absolute atomic E-state index is 0.00635. The summed E-state index contributed by atoms with van der Waals surface area (Å²) in [6.07, 6.45) is 3.86. The molecule has 6 nitrogen and oxygen atoms in total. The summed E-state index contributed by atoms with van der Waals surface area (Å²) in [7, 11) is 1.33. The highest BCUT2D eigenvalue weighted by atomic mass is 35.5. The Morgan fingerprint density at radius 1 is 1.19 bits per heavy atom. The zero-order valence-corrected chi connectivity index (χ0v) is 18.0. The Morgan fingerprint density at radius 2 is 2.00 bits per heavy atom. The van der Waals surface area contributed by atoms with Crippen LogP contribution in [0.1, 0.15) is 5.56 Å². The molecular formula is C22H14ClF2N3O3S. The number of halogens is 3. The van der Waals surface area contributed by atoms with Crippen molar-refractivity contribution in [3.05, 3.63) is 91.7 Å². The second-order valence-electron chi connectivity index (χ2n) is 6.56. The Hall–Kier alpha value is -3.56. The number of H-pyrrole nitrogens is 1. The smallest absolute Gasteiger partial charge is 0.333 e. The van der Waals surface area contributed by atoms with Crippen molar-refractivity contribution in [2.75, 3.05) is 7.11 Å². The van der Waals surface area contributed by atoms with Gasteiger partial charge in [0.2, 0.25) is 0 Å². The van der Waals surface area contributed by atoms with Crippen LogP contribution in [0.4, 0.5) is 8.78 Å². The summed E-state index contributed by atoms with van der Waals surface area (Å²) in [5.41, 5.74) is 0.107. The van der Waals surface area contributed by atoms with Gasteiger partial charge < -0.3 is 9.72 Å². The summed E-state index contributed by atoms with van der Waals surface area (Å²) >= 11 is 7.27. The minimum atomic E-state index is -0.660. The topological polar surface area (TPSA) is 76.5 Å². The Morgan fingerprint density at radius 3 is 2.75 bits per heavy atom. The average molecular weight is 474 g/mol. The lowest BCUT2D eigenvalue weighted by atomic mass is 10.1. The maximum atomic E-state index is 13.9. The lowest BCUT2D eigenvalue weighted by Crippen LogP contribution is -2.30. The van der Waals surface area contributed by atoms with Gasteiger partial charge in [-0.15, -0.1) is 11.3 Å². The molecule has 0 unspecified atom stereocenters. The van der Waals surface area contributed by atoms with Crippen molar-refractivity contribution in [2.45, 2.75) is 0 Å². The third kappa shape index (κ3) is 4.25. The molecule has 0 bridgehead atoms. The molecule has 0 radical (unpaired) electrons. The van der Waals surface area contributed by atoms with Crippen LogP contribution in [0.25, 0.3) is 26.9 Å². The molecule has 2 aromatic carbocycles. The first kappa shape index (κ1) is 21.7. The second-order valence-corrected chi connectivity index (χ2v) is 8.02. The molecule has 0 amide bonds. The molecule has 4 rings (SSSR count). The van der Waals surface area contributed by atoms with E-state index in [4.69, 9.17) is 16.3 Å². The fourth-order valence-electron chi connectivity index (χ4n) is 2.98. The van der Waals surface area contributed by atoms with Crippen molar-refractivity contribution in [3.8, 4) is 16.2 Å². The van der Waals surface area contributed by atoms with Crippen molar-refractivity contribution < 1.29 is 13.5 Å². The number of nitrogens with one attached hydrogen (secondary N) is 1. The highest BCUT2D eigenvalue weighted by Gasteiger charge is 2.16. The number of aromatic amines is 1. The van der Waals surface area contributed by atoms with E-state index >= 15 is 0 Å². The van der Waals surface area contributed by atoms with Gasteiger partial charge in [0, 0.05) is 29.1 Å². The zero-order chi connectivity index (χ0) is 22.8. The lowest BCUT2D eigenvalue weighted by molar-refractivity contribution is 0.387. The van der Waals surface area contributed by atoms with E-state index in [1.165, 1.54) is 43.9 Å². The molecule has 10 heteroatoms. The summed E-state index contributed by atoms with van der Waals surface area (Å²) in [4.78, 5) is 32.4. The maximum absolute atomic E-state index is 13.9. The average Bonchev–Trinajstić information content (AvgIpc) is 3.17. The number of ether oxygens (including phenoxy) is 1. The fourth-order valence-corrected chi connectivity index (χ4v) is 4.37. The number of fused-ring (bicyclic) bond motifs is 1. The van der Waals surface area contributed by atoms with Crippen molar-refractivity contribution in [3.63, 3.8) is 0 Å². The molecule has 0 saturated heterocycles. The third-order valence-electron chi connectivity index (χ3n) is 4.49. The monoisotopic (exact) mass is 473 g/mol. The molecule has 32 heavy (non-hydrogen) atoms. The summed E-state index contributed by atoms with van der Waals surface area (Å²) in [5, 5.41) is 0.143. The highest BCUT2D eigenvalue weighted by Crippen LogP contribution is 2.38. The van der Waals surface area contributed by atoms with Crippen LogP contribution in [-0.2, 0) is 0 Å². The van der Waals surface area contributed by atoms with E-state index in [2.05, 4.69) is 9.98 Å². The highest BCUT2D eigenvalue weighted by molar-refractivity contribution is 7.22. The van der Waals surface area contributed by atoms with E-state index in [0.29, 0.717) is 21.5 Å². The van der Waals surface area contributed by atoms with Gasteiger partial charge >= 0.3 is 5.69 Å². The zero-order valence-electron chi connectivity index (χ0n) is 16.4. The van der Waals surface area contributed by atoms with Gasteiger partial charge in [-0.2, -0.15) is 0 Å². The SMILES string of the molecule is COc1cc(-c2cc3[nH]c(=O)n(/C=C/N=Cc4cccc(F)c4)c(=O)c3s2)c(Cl)cc1F. The molecule has 1 N–H and O–H groups in total. The number of aliphatic imine (C=N–C) groups is 1. The lowest BCUT2D eigenvalue weighted by Gasteiger charge is -2.06. The largest absolute Gasteiger partial charge is 0.494 e. The van der Waals surface area contributed by atoms with Crippen molar-refractivity contribution in [1.29, 1.82) is 0 Å². The molecule has 2 heterocycles. The number of aromatic nitrogens is 2. The van der Waals surface area contributed by atoms with E-state index < -0.39 is 22.9 Å². The summed E-state index contributed by atoms with van der Waals surface area (Å²) in [5.74, 6) is -1.00. The van der Waals surface area contributed by atoms with E-state index in [0.717, 1.165) is 22.0 Å². The van der Waals surface area contributed by atoms with Gasteiger partial charge in [0.15, 0.2) is 11.6 Å². The quantitative estimate of drug-likeness (QED) is 0.419. The van der Waals surface area contributed by atoms with E-state index in [1.807, 2.05) is 0 Å². The number of benzene rings is 2. The fraction of sp³-hybridized carbons (Fsp3) is 0.0455. The van der Waals surface area contributed by atoms with Crippen LogP contribution in [0.3, 0.4) is 0 Å². The van der Waals surface area contributed by atoms with Gasteiger partial charge in [-0.05, 0) is 35.9 Å². The predicted octanol–water partition coefficient (Wildman–Crippen LogP) is 4.91. The number of hydrogen-bond acceptors (Lipinski definition) is 5. The number of rotatable bonds is 5. The molecule has 4 aromatic rings. The van der Waals surface area contributed by atoms with Gasteiger partial charge in [-0.1, -0.05) is 23.7 Å². The van der Waals surface area contributed by atoms with Crippen LogP contribution in [0.15, 0.2) is 63.2 Å². The van der Waals surface area contributed by atoms with E-state index in [9.17, 15) is 18.4 Å². The summed E-state index contributed by atoms with van der Waals surface area (Å²) in [6.45, 7) is 0. The number of methoxy groups -OCH3 is 1. The standard InChI is InChI=1S/C22H14ClF2N3O3S/c1-31-18-8-14(15(23)9-16(18)25)19-10-17-20(32-19)21(29)28(22(30)27-17)6-5-26-11-12-3-2-4-13(24)7-12/h2-11H,1H3,(H,27,30)/b6-5+,26-11?. The third-order valence-corrected chi connectivity index (χ3v) is 5.96. The summed E-state index contributed by atoms with van der Waals surface area (Å²) < 4.78 is 33.2. The molecule has 0 aliphatic carbocycles. The first-order chi connectivity index (χ1) is 15.4. The first-order valence-corrected chi connectivity index (χ1v) is 10.3. The van der Waals surface area contributed by atoms with E-state index in [-0.39, 0.29) is 15.5 Å². The van der Waals surface area contributed by atoms with Crippen LogP contribution in [0.2, 0.25) is 5.02 Å². The maximum Gasteiger partial charge on any atom is 0.333 e. The number of nitrogens with zero attached hydrogens (tertiary/aromatic N) is 2. The van der Waals surface area contributed by atoms with Crippen LogP contribution < -0.4 is 16.0 Å². The van der Waals surface area contributed by atoms with Gasteiger partial charge in [0.1, 0.15) is 10.5 Å². The molecule has 0 spiro atoms. The van der Waals surface area contributed by atoms with Crippen LogP contribution in [0.5, 0.6) is 5.75 Å². The summed E-state index contributed by atoms with van der Waals surface area (Å²) in [6, 6.07) is 9.96. The Balaban J connectivity index is 1.71. The molecule has 0 atom stereocenters.